The zero-order valence-corrected chi connectivity index (χ0v) is 11.9. The van der Waals surface area contributed by atoms with E-state index < -0.39 is 6.04 Å². The lowest BCUT2D eigenvalue weighted by Crippen LogP contribution is -2.48. The first-order valence-corrected chi connectivity index (χ1v) is 7.16. The molecule has 1 aromatic heterocycles. The third-order valence-electron chi connectivity index (χ3n) is 3.32. The summed E-state index contributed by atoms with van der Waals surface area (Å²) >= 11 is 1.09. The first kappa shape index (κ1) is 13.9. The summed E-state index contributed by atoms with van der Waals surface area (Å²) in [5, 5.41) is 3.95. The molecule has 1 aliphatic heterocycles. The van der Waals surface area contributed by atoms with Gasteiger partial charge >= 0.3 is 5.97 Å². The summed E-state index contributed by atoms with van der Waals surface area (Å²) in [5.41, 5.74) is 0.698. The molecule has 0 aliphatic carbocycles. The first-order chi connectivity index (χ1) is 9.19. The van der Waals surface area contributed by atoms with Crippen LogP contribution >= 0.6 is 11.5 Å². The second kappa shape index (κ2) is 6.10. The highest BCUT2D eigenvalue weighted by Crippen LogP contribution is 2.23. The molecule has 1 atom stereocenters. The Morgan fingerprint density at radius 3 is 2.95 bits per heavy atom. The second-order valence-electron chi connectivity index (χ2n) is 4.44. The maximum Gasteiger partial charge on any atom is 0.328 e. The number of piperidine rings is 1. The summed E-state index contributed by atoms with van der Waals surface area (Å²) in [5.74, 6) is -0.495. The molecule has 0 aromatic carbocycles. The van der Waals surface area contributed by atoms with Crippen LogP contribution in [-0.2, 0) is 16.0 Å². The molecule has 7 heteroatoms. The van der Waals surface area contributed by atoms with Gasteiger partial charge in [0.2, 0.25) is 0 Å². The Balaban J connectivity index is 2.22. The molecular weight excluding hydrogens is 266 g/mol. The molecule has 6 nitrogen and oxygen atoms in total. The number of aromatic nitrogens is 2. The number of hydrogen-bond donors (Lipinski definition) is 0. The molecule has 1 fully saturated rings. The molecule has 1 aliphatic rings. The van der Waals surface area contributed by atoms with Crippen molar-refractivity contribution in [2.24, 2.45) is 0 Å². The van der Waals surface area contributed by atoms with Gasteiger partial charge in [-0.15, -0.1) is 5.10 Å². The average molecular weight is 283 g/mol. The van der Waals surface area contributed by atoms with Crippen LogP contribution in [0.5, 0.6) is 0 Å². The fourth-order valence-corrected chi connectivity index (χ4v) is 3.00. The molecule has 2 rings (SSSR count). The maximum atomic E-state index is 12.5. The number of likely N-dealkylation sites (tertiary alicyclic amines) is 1. The Kier molecular flexibility index (Phi) is 4.47. The van der Waals surface area contributed by atoms with Crippen molar-refractivity contribution in [3.63, 3.8) is 0 Å². The van der Waals surface area contributed by atoms with Gasteiger partial charge in [0.15, 0.2) is 0 Å². The molecule has 1 aromatic rings. The molecule has 1 saturated heterocycles. The molecule has 0 saturated carbocycles. The van der Waals surface area contributed by atoms with Crippen molar-refractivity contribution < 1.29 is 14.3 Å². The van der Waals surface area contributed by atoms with Crippen molar-refractivity contribution in [3.05, 3.63) is 10.6 Å². The van der Waals surface area contributed by atoms with Gasteiger partial charge in [0.25, 0.3) is 5.91 Å². The minimum absolute atomic E-state index is 0.151. The van der Waals surface area contributed by atoms with Crippen LogP contribution in [0.25, 0.3) is 0 Å². The third kappa shape index (κ3) is 2.75. The number of amides is 1. The summed E-state index contributed by atoms with van der Waals surface area (Å²) in [6, 6.07) is -0.474. The van der Waals surface area contributed by atoms with Gasteiger partial charge in [-0.05, 0) is 37.2 Å². The molecule has 0 bridgehead atoms. The molecule has 104 valence electrons. The Bertz CT molecular complexity index is 475. The zero-order chi connectivity index (χ0) is 13.8. The van der Waals surface area contributed by atoms with Crippen molar-refractivity contribution in [2.45, 2.75) is 38.6 Å². The molecule has 1 amide bonds. The Labute approximate surface area is 115 Å². The van der Waals surface area contributed by atoms with Crippen LogP contribution in [0, 0.1) is 0 Å². The number of rotatable bonds is 3. The molecule has 2 heterocycles. The monoisotopic (exact) mass is 283 g/mol. The molecule has 0 spiro atoms. The minimum atomic E-state index is -0.474. The smallest absolute Gasteiger partial charge is 0.328 e. The van der Waals surface area contributed by atoms with E-state index in [0.29, 0.717) is 30.0 Å². The zero-order valence-electron chi connectivity index (χ0n) is 11.1. The van der Waals surface area contributed by atoms with E-state index in [1.807, 2.05) is 6.92 Å². The van der Waals surface area contributed by atoms with Crippen molar-refractivity contribution in [1.82, 2.24) is 14.5 Å². The number of nitrogens with zero attached hydrogens (tertiary/aromatic N) is 3. The highest BCUT2D eigenvalue weighted by Gasteiger charge is 2.34. The van der Waals surface area contributed by atoms with Gasteiger partial charge in [-0.25, -0.2) is 4.79 Å². The summed E-state index contributed by atoms with van der Waals surface area (Å²) in [7, 11) is 1.35. The number of carbonyl (C=O) groups is 2. The standard InChI is InChI=1S/C12H17N3O3S/c1-3-8-10(19-14-13-8)11(16)15-7-5-4-6-9(15)12(17)18-2/h9H,3-7H2,1-2H3. The Morgan fingerprint density at radius 1 is 1.47 bits per heavy atom. The third-order valence-corrected chi connectivity index (χ3v) is 4.08. The summed E-state index contributed by atoms with van der Waals surface area (Å²) in [6.07, 6.45) is 3.17. The average Bonchev–Trinajstić information content (AvgIpc) is 2.94. The van der Waals surface area contributed by atoms with E-state index in [0.717, 1.165) is 24.4 Å². The van der Waals surface area contributed by atoms with E-state index in [1.54, 1.807) is 4.90 Å². The molecule has 0 N–H and O–H groups in total. The van der Waals surface area contributed by atoms with E-state index in [4.69, 9.17) is 4.74 Å². The van der Waals surface area contributed by atoms with Crippen LogP contribution in [0.15, 0.2) is 0 Å². The normalized spacial score (nSPS) is 19.3. The van der Waals surface area contributed by atoms with E-state index in [2.05, 4.69) is 9.59 Å². The Morgan fingerprint density at radius 2 is 2.26 bits per heavy atom. The van der Waals surface area contributed by atoms with Crippen molar-refractivity contribution in [3.8, 4) is 0 Å². The predicted molar refractivity (Wildman–Crippen MR) is 70.0 cm³/mol. The molecular formula is C12H17N3O3S. The molecule has 1 unspecified atom stereocenters. The van der Waals surface area contributed by atoms with E-state index in [9.17, 15) is 9.59 Å². The van der Waals surface area contributed by atoms with E-state index in [-0.39, 0.29) is 11.9 Å². The largest absolute Gasteiger partial charge is 0.467 e. The van der Waals surface area contributed by atoms with Gasteiger partial charge in [-0.1, -0.05) is 11.4 Å². The highest BCUT2D eigenvalue weighted by atomic mass is 32.1. The van der Waals surface area contributed by atoms with Crippen LogP contribution in [0.1, 0.15) is 41.6 Å². The number of ether oxygens (including phenoxy) is 1. The number of aryl methyl sites for hydroxylation is 1. The van der Waals surface area contributed by atoms with Crippen molar-refractivity contribution in [1.29, 1.82) is 0 Å². The van der Waals surface area contributed by atoms with Gasteiger partial charge in [-0.2, -0.15) is 0 Å². The van der Waals surface area contributed by atoms with Crippen molar-refractivity contribution >= 4 is 23.4 Å². The molecule has 19 heavy (non-hydrogen) atoms. The summed E-state index contributed by atoms with van der Waals surface area (Å²) < 4.78 is 8.61. The first-order valence-electron chi connectivity index (χ1n) is 6.39. The summed E-state index contributed by atoms with van der Waals surface area (Å²) in [4.78, 5) is 26.4. The van der Waals surface area contributed by atoms with Gasteiger partial charge < -0.3 is 9.64 Å². The van der Waals surface area contributed by atoms with Gasteiger partial charge in [-0.3, -0.25) is 4.79 Å². The van der Waals surface area contributed by atoms with E-state index in [1.165, 1.54) is 7.11 Å². The van der Waals surface area contributed by atoms with Crippen LogP contribution in [0.4, 0.5) is 0 Å². The lowest BCUT2D eigenvalue weighted by molar-refractivity contribution is -0.147. The van der Waals surface area contributed by atoms with Crippen molar-refractivity contribution in [2.75, 3.05) is 13.7 Å². The van der Waals surface area contributed by atoms with Crippen LogP contribution in [0.3, 0.4) is 0 Å². The van der Waals surface area contributed by atoms with Gasteiger partial charge in [0.1, 0.15) is 10.9 Å². The van der Waals surface area contributed by atoms with Gasteiger partial charge in [0.05, 0.1) is 12.8 Å². The van der Waals surface area contributed by atoms with Gasteiger partial charge in [0, 0.05) is 6.54 Å². The molecule has 0 radical (unpaired) electrons. The quantitative estimate of drug-likeness (QED) is 0.781. The minimum Gasteiger partial charge on any atom is -0.467 e. The van der Waals surface area contributed by atoms with E-state index >= 15 is 0 Å². The maximum absolute atomic E-state index is 12.5. The fourth-order valence-electron chi connectivity index (χ4n) is 2.29. The highest BCUT2D eigenvalue weighted by molar-refractivity contribution is 7.08. The topological polar surface area (TPSA) is 72.4 Å². The number of esters is 1. The fraction of sp³-hybridized carbons (Fsp3) is 0.667. The number of methoxy groups -OCH3 is 1. The van der Waals surface area contributed by atoms with Crippen LogP contribution in [-0.4, -0.2) is 46.1 Å². The Hall–Kier alpha value is -1.50. The number of hydrogen-bond acceptors (Lipinski definition) is 6. The summed E-state index contributed by atoms with van der Waals surface area (Å²) in [6.45, 7) is 2.52. The van der Waals surface area contributed by atoms with Crippen LogP contribution < -0.4 is 0 Å². The lowest BCUT2D eigenvalue weighted by Gasteiger charge is -2.33. The second-order valence-corrected chi connectivity index (χ2v) is 5.19. The number of carbonyl (C=O) groups excluding carboxylic acids is 2. The van der Waals surface area contributed by atoms with Crippen LogP contribution in [0.2, 0.25) is 0 Å². The SMILES string of the molecule is CCc1nnsc1C(=O)N1CCCCC1C(=O)OC. The lowest BCUT2D eigenvalue weighted by atomic mass is 10.0. The predicted octanol–water partition coefficient (Wildman–Crippen LogP) is 1.27.